The van der Waals surface area contributed by atoms with E-state index in [4.69, 9.17) is 16.3 Å². The van der Waals surface area contributed by atoms with Crippen LogP contribution in [0.25, 0.3) is 0 Å². The first kappa shape index (κ1) is 7.48. The quantitative estimate of drug-likeness (QED) is 0.511. The van der Waals surface area contributed by atoms with Crippen LogP contribution >= 0.6 is 11.6 Å². The molecule has 1 aliphatic heterocycles. The van der Waals surface area contributed by atoms with Gasteiger partial charge in [0.1, 0.15) is 0 Å². The molecule has 11 heavy (non-hydrogen) atoms. The van der Waals surface area contributed by atoms with Gasteiger partial charge in [-0.05, 0) is 31.8 Å². The van der Waals surface area contributed by atoms with Gasteiger partial charge in [0.05, 0.1) is 12.4 Å². The highest BCUT2D eigenvalue weighted by molar-refractivity contribution is 6.20. The zero-order valence-electron chi connectivity index (χ0n) is 6.55. The number of hydrogen-bond donors (Lipinski definition) is 0. The molecule has 0 aromatic rings. The fourth-order valence-corrected chi connectivity index (χ4v) is 2.19. The van der Waals surface area contributed by atoms with E-state index in [1.54, 1.807) is 0 Å². The Kier molecular flexibility index (Phi) is 2.08. The monoisotopic (exact) mass is 172 g/mol. The first-order valence-electron chi connectivity index (χ1n) is 4.33. The van der Waals surface area contributed by atoms with Crippen LogP contribution < -0.4 is 0 Å². The molecule has 0 spiro atoms. The van der Waals surface area contributed by atoms with Gasteiger partial charge in [0.15, 0.2) is 0 Å². The van der Waals surface area contributed by atoms with Crippen LogP contribution in [-0.4, -0.2) is 12.0 Å². The largest absolute Gasteiger partial charge is 0.498 e. The molecule has 2 aliphatic rings. The van der Waals surface area contributed by atoms with E-state index in [2.05, 4.69) is 6.08 Å². The number of ether oxygens (including phenoxy) is 1. The second-order valence-corrected chi connectivity index (χ2v) is 3.98. The predicted octanol–water partition coefficient (Wildman–Crippen LogP) is 2.70. The molecule has 1 fully saturated rings. The Bertz CT molecular complexity index is 176. The molecule has 1 heterocycles. The molecule has 1 saturated heterocycles. The fourth-order valence-electron chi connectivity index (χ4n) is 1.89. The minimum Gasteiger partial charge on any atom is -0.498 e. The molecule has 0 saturated carbocycles. The van der Waals surface area contributed by atoms with Crippen LogP contribution in [0.4, 0.5) is 0 Å². The lowest BCUT2D eigenvalue weighted by Gasteiger charge is -2.30. The van der Waals surface area contributed by atoms with Gasteiger partial charge in [-0.2, -0.15) is 0 Å². The molecule has 1 aliphatic carbocycles. The van der Waals surface area contributed by atoms with Gasteiger partial charge in [0, 0.05) is 11.3 Å². The highest BCUT2D eigenvalue weighted by Gasteiger charge is 2.26. The summed E-state index contributed by atoms with van der Waals surface area (Å²) in [6.07, 6.45) is 6.76. The van der Waals surface area contributed by atoms with Crippen molar-refractivity contribution in [1.82, 2.24) is 0 Å². The maximum absolute atomic E-state index is 6.04. The zero-order chi connectivity index (χ0) is 7.68. The predicted molar refractivity (Wildman–Crippen MR) is 45.6 cm³/mol. The summed E-state index contributed by atoms with van der Waals surface area (Å²) in [7, 11) is 0. The topological polar surface area (TPSA) is 9.23 Å². The van der Waals surface area contributed by atoms with Gasteiger partial charge in [-0.1, -0.05) is 0 Å². The maximum atomic E-state index is 6.04. The first-order valence-corrected chi connectivity index (χ1v) is 4.77. The standard InChI is InChI=1S/C9H13ClO/c10-8-3-4-9-7(6-8)2-1-5-11-9/h4,7-8H,1-3,5-6H2. The van der Waals surface area contributed by atoms with Crippen LogP contribution in [0.15, 0.2) is 11.8 Å². The minimum atomic E-state index is 0.352. The Morgan fingerprint density at radius 2 is 2.45 bits per heavy atom. The highest BCUT2D eigenvalue weighted by Crippen LogP contribution is 2.34. The van der Waals surface area contributed by atoms with E-state index in [0.717, 1.165) is 19.4 Å². The summed E-state index contributed by atoms with van der Waals surface area (Å²) < 4.78 is 5.53. The molecule has 2 heteroatoms. The zero-order valence-corrected chi connectivity index (χ0v) is 7.31. The summed E-state index contributed by atoms with van der Waals surface area (Å²) in [6.45, 7) is 0.912. The molecule has 0 aromatic heterocycles. The normalized spacial score (nSPS) is 37.0. The number of allylic oxidation sites excluding steroid dienone is 2. The molecule has 0 aromatic carbocycles. The fraction of sp³-hybridized carbons (Fsp3) is 0.778. The van der Waals surface area contributed by atoms with Crippen molar-refractivity contribution in [2.45, 2.75) is 31.1 Å². The average molecular weight is 173 g/mol. The lowest BCUT2D eigenvalue weighted by atomic mass is 9.88. The molecule has 62 valence electrons. The van der Waals surface area contributed by atoms with Crippen molar-refractivity contribution in [1.29, 1.82) is 0 Å². The van der Waals surface area contributed by atoms with E-state index < -0.39 is 0 Å². The molecule has 0 N–H and O–H groups in total. The van der Waals surface area contributed by atoms with Crippen molar-refractivity contribution in [2.24, 2.45) is 5.92 Å². The second-order valence-electron chi connectivity index (χ2n) is 3.36. The molecule has 0 amide bonds. The summed E-state index contributed by atoms with van der Waals surface area (Å²) in [4.78, 5) is 0. The second kappa shape index (κ2) is 3.06. The third kappa shape index (κ3) is 1.53. The molecule has 0 radical (unpaired) electrons. The van der Waals surface area contributed by atoms with Gasteiger partial charge >= 0.3 is 0 Å². The van der Waals surface area contributed by atoms with Gasteiger partial charge in [-0.3, -0.25) is 0 Å². The Labute approximate surface area is 72.4 Å². The van der Waals surface area contributed by atoms with Crippen molar-refractivity contribution in [3.8, 4) is 0 Å². The van der Waals surface area contributed by atoms with Crippen LogP contribution in [0.5, 0.6) is 0 Å². The van der Waals surface area contributed by atoms with E-state index in [9.17, 15) is 0 Å². The van der Waals surface area contributed by atoms with Crippen molar-refractivity contribution in [3.63, 3.8) is 0 Å². The lowest BCUT2D eigenvalue weighted by molar-refractivity contribution is 0.117. The van der Waals surface area contributed by atoms with Gasteiger partial charge in [0.2, 0.25) is 0 Å². The molecule has 1 nitrogen and oxygen atoms in total. The van der Waals surface area contributed by atoms with Crippen LogP contribution in [0.2, 0.25) is 0 Å². The molecule has 2 rings (SSSR count). The lowest BCUT2D eigenvalue weighted by Crippen LogP contribution is -2.22. The maximum Gasteiger partial charge on any atom is 0.0951 e. The van der Waals surface area contributed by atoms with Crippen molar-refractivity contribution >= 4 is 11.6 Å². The Hall–Kier alpha value is -0.170. The van der Waals surface area contributed by atoms with Crippen LogP contribution in [0.3, 0.4) is 0 Å². The summed E-state index contributed by atoms with van der Waals surface area (Å²) >= 11 is 6.04. The molecular formula is C9H13ClO. The van der Waals surface area contributed by atoms with Crippen molar-refractivity contribution < 1.29 is 4.74 Å². The van der Waals surface area contributed by atoms with Gasteiger partial charge in [-0.25, -0.2) is 0 Å². The molecule has 0 bridgehead atoms. The number of hydrogen-bond acceptors (Lipinski definition) is 1. The van der Waals surface area contributed by atoms with E-state index in [1.165, 1.54) is 18.6 Å². The van der Waals surface area contributed by atoms with E-state index in [1.807, 2.05) is 0 Å². The minimum absolute atomic E-state index is 0.352. The van der Waals surface area contributed by atoms with Crippen molar-refractivity contribution in [3.05, 3.63) is 11.8 Å². The van der Waals surface area contributed by atoms with Gasteiger partial charge in [0.25, 0.3) is 0 Å². The summed E-state index contributed by atoms with van der Waals surface area (Å²) in [5.74, 6) is 1.85. The number of halogens is 1. The Morgan fingerprint density at radius 1 is 1.55 bits per heavy atom. The number of rotatable bonds is 0. The van der Waals surface area contributed by atoms with E-state index >= 15 is 0 Å². The summed E-state index contributed by atoms with van der Waals surface area (Å²) in [5.41, 5.74) is 0. The molecular weight excluding hydrogens is 160 g/mol. The first-order chi connectivity index (χ1) is 5.36. The number of alkyl halides is 1. The Morgan fingerprint density at radius 3 is 3.36 bits per heavy atom. The molecule has 2 unspecified atom stereocenters. The summed E-state index contributed by atoms with van der Waals surface area (Å²) in [6, 6.07) is 0. The third-order valence-electron chi connectivity index (χ3n) is 2.48. The van der Waals surface area contributed by atoms with Gasteiger partial charge in [-0.15, -0.1) is 11.6 Å². The number of fused-ring (bicyclic) bond motifs is 1. The average Bonchev–Trinajstić information content (AvgIpc) is 2.04. The third-order valence-corrected chi connectivity index (χ3v) is 2.84. The SMILES string of the molecule is ClC1CC=C2OCCCC2C1. The smallest absolute Gasteiger partial charge is 0.0951 e. The molecule has 2 atom stereocenters. The highest BCUT2D eigenvalue weighted by atomic mass is 35.5. The summed E-state index contributed by atoms with van der Waals surface area (Å²) in [5, 5.41) is 0.352. The van der Waals surface area contributed by atoms with E-state index in [0.29, 0.717) is 11.3 Å². The van der Waals surface area contributed by atoms with Crippen molar-refractivity contribution in [2.75, 3.05) is 6.61 Å². The van der Waals surface area contributed by atoms with Crippen LogP contribution in [0, 0.1) is 5.92 Å². The van der Waals surface area contributed by atoms with Gasteiger partial charge < -0.3 is 4.74 Å². The van der Waals surface area contributed by atoms with E-state index in [-0.39, 0.29) is 0 Å². The van der Waals surface area contributed by atoms with Crippen LogP contribution in [0.1, 0.15) is 25.7 Å². The Balaban J connectivity index is 2.08. The van der Waals surface area contributed by atoms with Crippen LogP contribution in [-0.2, 0) is 4.74 Å².